The average Bonchev–Trinajstić information content (AvgIpc) is 3.10. The molecule has 0 unspecified atom stereocenters. The molecule has 6 heteroatoms. The lowest BCUT2D eigenvalue weighted by Crippen LogP contribution is -2.36. The van der Waals surface area contributed by atoms with E-state index in [0.717, 1.165) is 23.8 Å². The second kappa shape index (κ2) is 8.63. The van der Waals surface area contributed by atoms with Crippen LogP contribution in [0.2, 0.25) is 0 Å². The highest BCUT2D eigenvalue weighted by molar-refractivity contribution is 5.93. The van der Waals surface area contributed by atoms with Crippen LogP contribution in [0.15, 0.2) is 52.1 Å². The van der Waals surface area contributed by atoms with Crippen LogP contribution >= 0.6 is 0 Å². The molecule has 2 rings (SSSR count). The highest BCUT2D eigenvalue weighted by Crippen LogP contribution is 2.06. The van der Waals surface area contributed by atoms with E-state index in [-0.39, 0.29) is 5.91 Å². The molecule has 0 fully saturated rings. The number of guanidine groups is 1. The fourth-order valence-electron chi connectivity index (χ4n) is 2.00. The number of carbonyl (C=O) groups is 1. The number of amides is 1. The van der Waals surface area contributed by atoms with Crippen LogP contribution in [0.4, 0.5) is 0 Å². The fraction of sp³-hybridized carbons (Fsp3) is 0.294. The minimum absolute atomic E-state index is 0.0893. The summed E-state index contributed by atoms with van der Waals surface area (Å²) in [4.78, 5) is 16.0. The zero-order valence-electron chi connectivity index (χ0n) is 13.4. The smallest absolute Gasteiger partial charge is 0.251 e. The summed E-state index contributed by atoms with van der Waals surface area (Å²) < 4.78 is 5.29. The molecule has 122 valence electrons. The van der Waals surface area contributed by atoms with Crippen molar-refractivity contribution in [2.45, 2.75) is 20.0 Å². The summed E-state index contributed by atoms with van der Waals surface area (Å²) in [6.45, 7) is 3.90. The topological polar surface area (TPSA) is 78.7 Å². The third-order valence-electron chi connectivity index (χ3n) is 3.22. The van der Waals surface area contributed by atoms with Crippen LogP contribution in [0.5, 0.6) is 0 Å². The summed E-state index contributed by atoms with van der Waals surface area (Å²) in [6, 6.07) is 11.2. The zero-order chi connectivity index (χ0) is 16.5. The number of furan rings is 1. The van der Waals surface area contributed by atoms with Gasteiger partial charge in [-0.3, -0.25) is 4.79 Å². The van der Waals surface area contributed by atoms with Gasteiger partial charge in [-0.1, -0.05) is 12.1 Å². The number of rotatable bonds is 6. The molecule has 1 heterocycles. The lowest BCUT2D eigenvalue weighted by Gasteiger charge is -2.10. The number of benzene rings is 1. The van der Waals surface area contributed by atoms with Gasteiger partial charge in [-0.15, -0.1) is 0 Å². The third-order valence-corrected chi connectivity index (χ3v) is 3.22. The summed E-state index contributed by atoms with van der Waals surface area (Å²) in [5.41, 5.74) is 1.68. The van der Waals surface area contributed by atoms with Crippen LogP contribution in [0.1, 0.15) is 28.6 Å². The summed E-state index contributed by atoms with van der Waals surface area (Å²) >= 11 is 0. The summed E-state index contributed by atoms with van der Waals surface area (Å²) in [5, 5.41) is 9.00. The highest BCUT2D eigenvalue weighted by atomic mass is 16.3. The highest BCUT2D eigenvalue weighted by Gasteiger charge is 2.03. The van der Waals surface area contributed by atoms with E-state index >= 15 is 0 Å². The lowest BCUT2D eigenvalue weighted by atomic mass is 10.1. The summed E-state index contributed by atoms with van der Waals surface area (Å²) in [6.07, 6.45) is 1.65. The van der Waals surface area contributed by atoms with Gasteiger partial charge in [0, 0.05) is 19.2 Å². The molecule has 0 saturated carbocycles. The average molecular weight is 314 g/mol. The molecule has 0 aliphatic heterocycles. The molecule has 1 aromatic heterocycles. The molecule has 0 radical (unpaired) electrons. The molecule has 1 amide bonds. The van der Waals surface area contributed by atoms with E-state index in [4.69, 9.17) is 4.42 Å². The van der Waals surface area contributed by atoms with Gasteiger partial charge in [0.1, 0.15) is 5.76 Å². The first-order valence-corrected chi connectivity index (χ1v) is 7.58. The second-order valence-corrected chi connectivity index (χ2v) is 4.90. The van der Waals surface area contributed by atoms with Crippen LogP contribution in [0, 0.1) is 0 Å². The lowest BCUT2D eigenvalue weighted by molar-refractivity contribution is 0.0963. The van der Waals surface area contributed by atoms with Gasteiger partial charge in [-0.2, -0.15) is 0 Å². The van der Waals surface area contributed by atoms with E-state index in [1.807, 2.05) is 31.2 Å². The van der Waals surface area contributed by atoms with Gasteiger partial charge in [-0.25, -0.2) is 4.99 Å². The van der Waals surface area contributed by atoms with Crippen molar-refractivity contribution in [3.05, 3.63) is 59.5 Å². The van der Waals surface area contributed by atoms with Gasteiger partial charge in [0.15, 0.2) is 5.96 Å². The monoisotopic (exact) mass is 314 g/mol. The number of nitrogens with zero attached hydrogens (tertiary/aromatic N) is 1. The molecule has 0 aliphatic carbocycles. The first-order valence-electron chi connectivity index (χ1n) is 7.58. The van der Waals surface area contributed by atoms with Crippen molar-refractivity contribution in [3.63, 3.8) is 0 Å². The van der Waals surface area contributed by atoms with Crippen molar-refractivity contribution in [1.82, 2.24) is 16.0 Å². The summed E-state index contributed by atoms with van der Waals surface area (Å²) in [5.74, 6) is 1.48. The molecule has 0 bridgehead atoms. The second-order valence-electron chi connectivity index (χ2n) is 4.90. The largest absolute Gasteiger partial charge is 0.467 e. The van der Waals surface area contributed by atoms with Crippen LogP contribution < -0.4 is 16.0 Å². The minimum Gasteiger partial charge on any atom is -0.467 e. The maximum Gasteiger partial charge on any atom is 0.251 e. The normalized spacial score (nSPS) is 11.1. The van der Waals surface area contributed by atoms with E-state index in [1.54, 1.807) is 25.4 Å². The van der Waals surface area contributed by atoms with E-state index in [1.165, 1.54) is 0 Å². The maximum absolute atomic E-state index is 11.5. The van der Waals surface area contributed by atoms with Gasteiger partial charge in [-0.05, 0) is 36.8 Å². The maximum atomic E-state index is 11.5. The third kappa shape index (κ3) is 5.18. The van der Waals surface area contributed by atoms with Crippen molar-refractivity contribution in [2.24, 2.45) is 4.99 Å². The van der Waals surface area contributed by atoms with Crippen molar-refractivity contribution >= 4 is 11.9 Å². The molecule has 0 aliphatic rings. The molecular weight excluding hydrogens is 292 g/mol. The first-order chi connectivity index (χ1) is 11.2. The number of nitrogens with one attached hydrogen (secondary N) is 3. The Balaban J connectivity index is 1.95. The first kappa shape index (κ1) is 16.6. The Kier molecular flexibility index (Phi) is 6.23. The van der Waals surface area contributed by atoms with E-state index < -0.39 is 0 Å². The molecule has 0 spiro atoms. The van der Waals surface area contributed by atoms with Gasteiger partial charge in [0.2, 0.25) is 0 Å². The Morgan fingerprint density at radius 1 is 1.17 bits per heavy atom. The molecule has 0 atom stereocenters. The van der Waals surface area contributed by atoms with Gasteiger partial charge < -0.3 is 20.4 Å². The quantitative estimate of drug-likeness (QED) is 0.562. The van der Waals surface area contributed by atoms with Crippen LogP contribution in [-0.2, 0) is 13.1 Å². The molecule has 2 aromatic rings. The Bertz CT molecular complexity index is 633. The van der Waals surface area contributed by atoms with Crippen LogP contribution in [0.3, 0.4) is 0 Å². The van der Waals surface area contributed by atoms with Crippen LogP contribution in [-0.4, -0.2) is 25.5 Å². The van der Waals surface area contributed by atoms with Crippen molar-refractivity contribution in [1.29, 1.82) is 0 Å². The van der Waals surface area contributed by atoms with Gasteiger partial charge >= 0.3 is 0 Å². The molecule has 1 aromatic carbocycles. The van der Waals surface area contributed by atoms with Crippen molar-refractivity contribution < 1.29 is 9.21 Å². The molecular formula is C17H22N4O2. The Morgan fingerprint density at radius 3 is 2.57 bits per heavy atom. The Hall–Kier alpha value is -2.76. The predicted octanol–water partition coefficient (Wildman–Crippen LogP) is 1.89. The van der Waals surface area contributed by atoms with E-state index in [9.17, 15) is 4.79 Å². The predicted molar refractivity (Wildman–Crippen MR) is 90.2 cm³/mol. The number of carbonyl (C=O) groups excluding carboxylic acids is 1. The molecule has 3 N–H and O–H groups in total. The Labute approximate surface area is 136 Å². The SMILES string of the molecule is CCNC(=NCc1ccc(C(=O)NC)cc1)NCc1ccco1. The molecule has 0 saturated heterocycles. The van der Waals surface area contributed by atoms with Crippen molar-refractivity contribution in [2.75, 3.05) is 13.6 Å². The minimum atomic E-state index is -0.0893. The zero-order valence-corrected chi connectivity index (χ0v) is 13.4. The summed E-state index contributed by atoms with van der Waals surface area (Å²) in [7, 11) is 1.62. The van der Waals surface area contributed by atoms with E-state index in [2.05, 4.69) is 20.9 Å². The molecule has 23 heavy (non-hydrogen) atoms. The number of hydrogen-bond donors (Lipinski definition) is 3. The standard InChI is InChI=1S/C17H22N4O2/c1-3-19-17(21-12-15-5-4-10-23-15)20-11-13-6-8-14(9-7-13)16(22)18-2/h4-10H,3,11-12H2,1-2H3,(H,18,22)(H2,19,20,21). The van der Waals surface area contributed by atoms with Gasteiger partial charge in [0.25, 0.3) is 5.91 Å². The number of hydrogen-bond acceptors (Lipinski definition) is 3. The Morgan fingerprint density at radius 2 is 1.96 bits per heavy atom. The van der Waals surface area contributed by atoms with Crippen molar-refractivity contribution in [3.8, 4) is 0 Å². The molecule has 6 nitrogen and oxygen atoms in total. The van der Waals surface area contributed by atoms with E-state index in [0.29, 0.717) is 18.7 Å². The van der Waals surface area contributed by atoms with Gasteiger partial charge in [0.05, 0.1) is 19.4 Å². The number of aliphatic imine (C=N–C) groups is 1. The fourth-order valence-corrected chi connectivity index (χ4v) is 2.00. The van der Waals surface area contributed by atoms with Crippen LogP contribution in [0.25, 0.3) is 0 Å².